The van der Waals surface area contributed by atoms with Crippen LogP contribution in [0.1, 0.15) is 69.7 Å². The molecule has 4 heterocycles. The first-order valence-corrected chi connectivity index (χ1v) is 13.9. The highest BCUT2D eigenvalue weighted by Gasteiger charge is 2.28. The second kappa shape index (κ2) is 11.6. The van der Waals surface area contributed by atoms with Crippen molar-refractivity contribution in [3.05, 3.63) is 60.4 Å². The molecule has 1 aliphatic rings. The number of hydrogen-bond acceptors (Lipinski definition) is 9. The number of piperidine rings is 1. The van der Waals surface area contributed by atoms with Crippen LogP contribution in [-0.2, 0) is 11.2 Å². The zero-order valence-electron chi connectivity index (χ0n) is 24.2. The number of fused-ring (bicyclic) bond motifs is 1. The first-order valence-electron chi connectivity index (χ1n) is 13.9. The smallest absolute Gasteiger partial charge is 0.410 e. The van der Waals surface area contributed by atoms with Crippen molar-refractivity contribution in [2.75, 3.05) is 18.4 Å². The minimum absolute atomic E-state index is 0.0669. The number of rotatable bonds is 7. The number of anilines is 1. The molecule has 4 aromatic rings. The van der Waals surface area contributed by atoms with Crippen LogP contribution in [0.2, 0.25) is 0 Å². The topological polar surface area (TPSA) is 128 Å². The molecular formula is C30H36N8O3. The maximum atomic E-state index is 13.1. The predicted molar refractivity (Wildman–Crippen MR) is 156 cm³/mol. The highest BCUT2D eigenvalue weighted by Crippen LogP contribution is 2.25. The lowest BCUT2D eigenvalue weighted by Crippen LogP contribution is -2.42. The molecule has 214 valence electrons. The van der Waals surface area contributed by atoms with E-state index in [-0.39, 0.29) is 30.4 Å². The number of nitrogens with one attached hydrogen (secondary N) is 1. The van der Waals surface area contributed by atoms with Crippen molar-refractivity contribution >= 4 is 28.5 Å². The Bertz CT molecular complexity index is 1550. The standard InChI is InChI=1S/C30H36N8O3/c1-19(2)33-28-17-31-16-25(34-28)20-6-7-21-15-32-23(13-22(21)12-20)14-27(39)26-18-38(36-35-26)24-8-10-37(11-9-24)29(40)41-30(3,4)5/h6-7,12-13,15-19,24H,8-11,14H2,1-5H3,(H,33,34). The number of likely N-dealkylation sites (tertiary alicyclic amines) is 1. The van der Waals surface area contributed by atoms with Crippen molar-refractivity contribution in [3.63, 3.8) is 0 Å². The molecule has 0 aliphatic carbocycles. The Labute approximate surface area is 239 Å². The predicted octanol–water partition coefficient (Wildman–Crippen LogP) is 5.10. The Morgan fingerprint density at radius 2 is 1.85 bits per heavy atom. The molecule has 5 rings (SSSR count). The number of pyridine rings is 1. The largest absolute Gasteiger partial charge is 0.444 e. The summed E-state index contributed by atoms with van der Waals surface area (Å²) in [7, 11) is 0. The van der Waals surface area contributed by atoms with Crippen LogP contribution in [0, 0.1) is 0 Å². The summed E-state index contributed by atoms with van der Waals surface area (Å²) >= 11 is 0. The quantitative estimate of drug-likeness (QED) is 0.309. The second-order valence-electron chi connectivity index (χ2n) is 11.7. The monoisotopic (exact) mass is 556 g/mol. The Morgan fingerprint density at radius 1 is 1.07 bits per heavy atom. The molecular weight excluding hydrogens is 520 g/mol. The molecule has 41 heavy (non-hydrogen) atoms. The molecule has 0 unspecified atom stereocenters. The van der Waals surface area contributed by atoms with Gasteiger partial charge in [0.15, 0.2) is 5.78 Å². The molecule has 11 heteroatoms. The number of ketones is 1. The third-order valence-electron chi connectivity index (χ3n) is 6.77. The van der Waals surface area contributed by atoms with Gasteiger partial charge in [-0.05, 0) is 65.0 Å². The highest BCUT2D eigenvalue weighted by atomic mass is 16.6. The maximum absolute atomic E-state index is 13.1. The summed E-state index contributed by atoms with van der Waals surface area (Å²) in [6.45, 7) is 10.8. The molecule has 1 aliphatic heterocycles. The summed E-state index contributed by atoms with van der Waals surface area (Å²) in [6.07, 6.45) is 8.17. The van der Waals surface area contributed by atoms with E-state index >= 15 is 0 Å². The Kier molecular flexibility index (Phi) is 7.96. The molecule has 1 N–H and O–H groups in total. The van der Waals surface area contributed by atoms with Crippen LogP contribution in [0.3, 0.4) is 0 Å². The van der Waals surface area contributed by atoms with Crippen LogP contribution >= 0.6 is 0 Å². The van der Waals surface area contributed by atoms with Gasteiger partial charge in [0.25, 0.3) is 0 Å². The number of nitrogens with zero attached hydrogens (tertiary/aromatic N) is 7. The molecule has 1 fully saturated rings. The van der Waals surface area contributed by atoms with Gasteiger partial charge >= 0.3 is 6.09 Å². The first-order chi connectivity index (χ1) is 19.5. The molecule has 1 aromatic carbocycles. The van der Waals surface area contributed by atoms with Gasteiger partial charge in [0, 0.05) is 42.0 Å². The van der Waals surface area contributed by atoms with Crippen molar-refractivity contribution in [2.45, 2.75) is 71.6 Å². The maximum Gasteiger partial charge on any atom is 0.410 e. The number of Topliss-reactive ketones (excluding diaryl/α,β-unsaturated/α-hetero) is 1. The highest BCUT2D eigenvalue weighted by molar-refractivity contribution is 5.96. The van der Waals surface area contributed by atoms with Crippen molar-refractivity contribution in [1.82, 2.24) is 34.8 Å². The Morgan fingerprint density at radius 3 is 2.59 bits per heavy atom. The van der Waals surface area contributed by atoms with E-state index < -0.39 is 5.60 Å². The van der Waals surface area contributed by atoms with Crippen LogP contribution in [0.25, 0.3) is 22.0 Å². The number of aromatic nitrogens is 6. The van der Waals surface area contributed by atoms with E-state index in [1.807, 2.05) is 45.0 Å². The summed E-state index contributed by atoms with van der Waals surface area (Å²) < 4.78 is 7.22. The molecule has 0 atom stereocenters. The first kappa shape index (κ1) is 28.1. The van der Waals surface area contributed by atoms with E-state index in [0.717, 1.165) is 27.8 Å². The molecule has 0 saturated carbocycles. The lowest BCUT2D eigenvalue weighted by Gasteiger charge is -2.33. The van der Waals surface area contributed by atoms with Gasteiger partial charge in [-0.3, -0.25) is 14.8 Å². The molecule has 3 aromatic heterocycles. The number of carbonyl (C=O) groups excluding carboxylic acids is 2. The van der Waals surface area contributed by atoms with E-state index in [2.05, 4.69) is 44.4 Å². The fraction of sp³-hybridized carbons (Fsp3) is 0.433. The van der Waals surface area contributed by atoms with Gasteiger partial charge in [0.05, 0.1) is 36.7 Å². The van der Waals surface area contributed by atoms with Gasteiger partial charge < -0.3 is 15.0 Å². The minimum atomic E-state index is -0.525. The number of amides is 1. The average Bonchev–Trinajstić information content (AvgIpc) is 3.42. The summed E-state index contributed by atoms with van der Waals surface area (Å²) in [6, 6.07) is 8.27. The molecule has 11 nitrogen and oxygen atoms in total. The molecule has 0 spiro atoms. The van der Waals surface area contributed by atoms with Gasteiger partial charge in [-0.15, -0.1) is 5.10 Å². The van der Waals surface area contributed by atoms with Crippen molar-refractivity contribution in [3.8, 4) is 11.3 Å². The fourth-order valence-corrected chi connectivity index (χ4v) is 4.79. The molecule has 0 radical (unpaired) electrons. The minimum Gasteiger partial charge on any atom is -0.444 e. The number of ether oxygens (including phenoxy) is 1. The van der Waals surface area contributed by atoms with Crippen molar-refractivity contribution < 1.29 is 14.3 Å². The van der Waals surface area contributed by atoms with E-state index in [0.29, 0.717) is 37.3 Å². The third kappa shape index (κ3) is 7.03. The van der Waals surface area contributed by atoms with E-state index in [1.165, 1.54) is 0 Å². The van der Waals surface area contributed by atoms with Crippen LogP contribution < -0.4 is 5.32 Å². The Balaban J connectivity index is 1.24. The average molecular weight is 557 g/mol. The third-order valence-corrected chi connectivity index (χ3v) is 6.77. The van der Waals surface area contributed by atoms with Crippen LogP contribution in [0.15, 0.2) is 49.1 Å². The van der Waals surface area contributed by atoms with Crippen LogP contribution in [0.5, 0.6) is 0 Å². The van der Waals surface area contributed by atoms with Gasteiger partial charge in [0.2, 0.25) is 0 Å². The second-order valence-corrected chi connectivity index (χ2v) is 11.7. The van der Waals surface area contributed by atoms with Crippen LogP contribution in [-0.4, -0.2) is 71.5 Å². The van der Waals surface area contributed by atoms with E-state index in [9.17, 15) is 9.59 Å². The van der Waals surface area contributed by atoms with Crippen molar-refractivity contribution in [2.24, 2.45) is 0 Å². The zero-order chi connectivity index (χ0) is 29.1. The molecule has 1 saturated heterocycles. The summed E-state index contributed by atoms with van der Waals surface area (Å²) in [5.41, 5.74) is 2.13. The molecule has 1 amide bonds. The van der Waals surface area contributed by atoms with Crippen molar-refractivity contribution in [1.29, 1.82) is 0 Å². The van der Waals surface area contributed by atoms with E-state index in [4.69, 9.17) is 4.74 Å². The van der Waals surface area contributed by atoms with Gasteiger partial charge in [0.1, 0.15) is 17.1 Å². The van der Waals surface area contributed by atoms with Gasteiger partial charge in [-0.1, -0.05) is 17.3 Å². The zero-order valence-corrected chi connectivity index (χ0v) is 24.2. The van der Waals surface area contributed by atoms with Gasteiger partial charge in [-0.2, -0.15) is 0 Å². The lowest BCUT2D eigenvalue weighted by atomic mass is 10.0. The fourth-order valence-electron chi connectivity index (χ4n) is 4.79. The summed E-state index contributed by atoms with van der Waals surface area (Å²) in [5.74, 6) is 0.573. The lowest BCUT2D eigenvalue weighted by molar-refractivity contribution is 0.0184. The Hall–Kier alpha value is -4.41. The number of carbonyl (C=O) groups is 2. The SMILES string of the molecule is CC(C)Nc1cncc(-c2ccc3cnc(CC(=O)c4cn(C5CCN(C(=O)OC(C)(C)C)CC5)nn4)cc3c2)n1. The summed E-state index contributed by atoms with van der Waals surface area (Å²) in [5, 5.41) is 13.6. The van der Waals surface area contributed by atoms with Crippen LogP contribution in [0.4, 0.5) is 10.6 Å². The number of hydrogen-bond donors (Lipinski definition) is 1. The molecule has 0 bridgehead atoms. The summed E-state index contributed by atoms with van der Waals surface area (Å²) in [4.78, 5) is 40.7. The number of benzene rings is 1. The van der Waals surface area contributed by atoms with E-state index in [1.54, 1.807) is 34.4 Å². The normalized spacial score (nSPS) is 14.4. The van der Waals surface area contributed by atoms with Gasteiger partial charge in [-0.25, -0.2) is 14.5 Å².